The van der Waals surface area contributed by atoms with Gasteiger partial charge in [0.25, 0.3) is 0 Å². The number of aliphatic carboxylic acids is 1. The number of anilines is 1. The lowest BCUT2D eigenvalue weighted by atomic mass is 9.85. The highest BCUT2D eigenvalue weighted by Crippen LogP contribution is 2.30. The molecule has 8 heteroatoms. The number of methoxy groups -OCH3 is 1. The number of hydrogen-bond donors (Lipinski definition) is 2. The first kappa shape index (κ1) is 14.2. The fraction of sp³-hybridized carbons (Fsp3) is 0.500. The quantitative estimate of drug-likeness (QED) is 0.751. The molecule has 1 aliphatic heterocycles. The molecule has 2 rings (SSSR count). The largest absolute Gasteiger partial charge is 0.481 e. The molecule has 0 amide bonds. The normalized spacial score (nSPS) is 25.2. The van der Waals surface area contributed by atoms with Gasteiger partial charge in [-0.2, -0.15) is 0 Å². The monoisotopic (exact) mass is 281 g/mol. The van der Waals surface area contributed by atoms with Gasteiger partial charge < -0.3 is 19.9 Å². The Bertz CT molecular complexity index is 518. The van der Waals surface area contributed by atoms with Crippen LogP contribution in [0.2, 0.25) is 0 Å². The summed E-state index contributed by atoms with van der Waals surface area (Å²) in [5.41, 5.74) is -0.940. The molecule has 1 aromatic heterocycles. The SMILES string of the molecule is COC(=O)c1ccc(NC2COCC2(C)C(=O)O)nn1. The summed E-state index contributed by atoms with van der Waals surface area (Å²) >= 11 is 0. The van der Waals surface area contributed by atoms with Crippen molar-refractivity contribution in [1.29, 1.82) is 0 Å². The molecule has 1 fully saturated rings. The number of carboxylic acid groups (broad SMARTS) is 1. The Morgan fingerprint density at radius 3 is 2.80 bits per heavy atom. The van der Waals surface area contributed by atoms with Gasteiger partial charge in [-0.1, -0.05) is 0 Å². The number of carbonyl (C=O) groups is 2. The number of aromatic nitrogens is 2. The van der Waals surface area contributed by atoms with Gasteiger partial charge in [-0.05, 0) is 19.1 Å². The van der Waals surface area contributed by atoms with Gasteiger partial charge in [0.2, 0.25) is 0 Å². The van der Waals surface area contributed by atoms with Crippen LogP contribution in [0.4, 0.5) is 5.82 Å². The van der Waals surface area contributed by atoms with Crippen LogP contribution in [0.25, 0.3) is 0 Å². The maximum Gasteiger partial charge on any atom is 0.358 e. The number of carbonyl (C=O) groups excluding carboxylic acids is 1. The van der Waals surface area contributed by atoms with Gasteiger partial charge in [0.1, 0.15) is 11.2 Å². The first-order valence-electron chi connectivity index (χ1n) is 5.97. The lowest BCUT2D eigenvalue weighted by molar-refractivity contribution is -0.148. The maximum absolute atomic E-state index is 11.3. The van der Waals surface area contributed by atoms with E-state index < -0.39 is 23.4 Å². The molecule has 2 N–H and O–H groups in total. The van der Waals surface area contributed by atoms with Crippen LogP contribution in [0.15, 0.2) is 12.1 Å². The van der Waals surface area contributed by atoms with Gasteiger partial charge in [-0.25, -0.2) is 4.79 Å². The number of hydrogen-bond acceptors (Lipinski definition) is 7. The molecule has 0 aromatic carbocycles. The summed E-state index contributed by atoms with van der Waals surface area (Å²) < 4.78 is 9.73. The summed E-state index contributed by atoms with van der Waals surface area (Å²) in [6, 6.07) is 2.58. The van der Waals surface area contributed by atoms with Crippen molar-refractivity contribution >= 4 is 17.8 Å². The van der Waals surface area contributed by atoms with E-state index in [1.54, 1.807) is 13.0 Å². The second kappa shape index (κ2) is 5.41. The summed E-state index contributed by atoms with van der Waals surface area (Å²) in [4.78, 5) is 22.5. The zero-order chi connectivity index (χ0) is 14.8. The van der Waals surface area contributed by atoms with Gasteiger partial charge in [-0.15, -0.1) is 10.2 Å². The van der Waals surface area contributed by atoms with Crippen LogP contribution in [0.3, 0.4) is 0 Å². The highest BCUT2D eigenvalue weighted by atomic mass is 16.5. The van der Waals surface area contributed by atoms with Crippen LogP contribution in [0.5, 0.6) is 0 Å². The summed E-state index contributed by atoms with van der Waals surface area (Å²) in [5.74, 6) is -1.14. The molecule has 0 bridgehead atoms. The summed E-state index contributed by atoms with van der Waals surface area (Å²) in [6.07, 6.45) is 0. The second-order valence-corrected chi connectivity index (χ2v) is 4.73. The van der Waals surface area contributed by atoms with Crippen molar-refractivity contribution in [1.82, 2.24) is 10.2 Å². The third-order valence-corrected chi connectivity index (χ3v) is 3.33. The molecular weight excluding hydrogens is 266 g/mol. The predicted molar refractivity (Wildman–Crippen MR) is 67.3 cm³/mol. The Hall–Kier alpha value is -2.22. The van der Waals surface area contributed by atoms with Crippen molar-refractivity contribution in [2.24, 2.45) is 5.41 Å². The zero-order valence-corrected chi connectivity index (χ0v) is 11.1. The molecule has 20 heavy (non-hydrogen) atoms. The molecular formula is C12H15N3O5. The topological polar surface area (TPSA) is 111 Å². The molecule has 108 valence electrons. The summed E-state index contributed by atoms with van der Waals surface area (Å²) in [7, 11) is 1.25. The van der Waals surface area contributed by atoms with Crippen LogP contribution < -0.4 is 5.32 Å². The van der Waals surface area contributed by atoms with E-state index in [2.05, 4.69) is 20.3 Å². The smallest absolute Gasteiger partial charge is 0.358 e. The molecule has 0 spiro atoms. The second-order valence-electron chi connectivity index (χ2n) is 4.73. The van der Waals surface area contributed by atoms with Crippen molar-refractivity contribution < 1.29 is 24.2 Å². The number of nitrogens with zero attached hydrogens (tertiary/aromatic N) is 2. The lowest BCUT2D eigenvalue weighted by Gasteiger charge is -2.25. The molecule has 2 unspecified atom stereocenters. The molecule has 1 saturated heterocycles. The van der Waals surface area contributed by atoms with E-state index in [4.69, 9.17) is 4.74 Å². The summed E-state index contributed by atoms with van der Waals surface area (Å²) in [5, 5.41) is 19.8. The fourth-order valence-corrected chi connectivity index (χ4v) is 1.89. The van der Waals surface area contributed by atoms with Crippen LogP contribution in [0.1, 0.15) is 17.4 Å². The van der Waals surface area contributed by atoms with Crippen molar-refractivity contribution in [2.45, 2.75) is 13.0 Å². The first-order valence-corrected chi connectivity index (χ1v) is 5.97. The molecule has 0 aliphatic carbocycles. The third-order valence-electron chi connectivity index (χ3n) is 3.33. The van der Waals surface area contributed by atoms with E-state index in [-0.39, 0.29) is 18.9 Å². The van der Waals surface area contributed by atoms with Crippen LogP contribution in [0, 0.1) is 5.41 Å². The Balaban J connectivity index is 2.10. The minimum atomic E-state index is -1.03. The lowest BCUT2D eigenvalue weighted by Crippen LogP contribution is -2.43. The number of ether oxygens (including phenoxy) is 2. The van der Waals surface area contributed by atoms with Crippen molar-refractivity contribution in [3.8, 4) is 0 Å². The van der Waals surface area contributed by atoms with Gasteiger partial charge in [0.15, 0.2) is 5.69 Å². The van der Waals surface area contributed by atoms with Crippen molar-refractivity contribution in [2.75, 3.05) is 25.6 Å². The van der Waals surface area contributed by atoms with E-state index in [9.17, 15) is 14.7 Å². The van der Waals surface area contributed by atoms with Gasteiger partial charge in [0.05, 0.1) is 26.4 Å². The van der Waals surface area contributed by atoms with E-state index in [0.29, 0.717) is 5.82 Å². The molecule has 2 atom stereocenters. The van der Waals surface area contributed by atoms with Crippen LogP contribution >= 0.6 is 0 Å². The maximum atomic E-state index is 11.3. The predicted octanol–water partition coefficient (Wildman–Crippen LogP) is 0.165. The molecule has 8 nitrogen and oxygen atoms in total. The molecule has 1 aromatic rings. The van der Waals surface area contributed by atoms with Crippen LogP contribution in [-0.4, -0.2) is 53.6 Å². The van der Waals surface area contributed by atoms with E-state index >= 15 is 0 Å². The molecule has 0 saturated carbocycles. The van der Waals surface area contributed by atoms with Gasteiger partial charge >= 0.3 is 11.9 Å². The van der Waals surface area contributed by atoms with E-state index in [0.717, 1.165) is 0 Å². The van der Waals surface area contributed by atoms with E-state index in [1.165, 1.54) is 13.2 Å². The zero-order valence-electron chi connectivity index (χ0n) is 11.1. The molecule has 1 aliphatic rings. The standard InChI is InChI=1S/C12H15N3O5/c1-12(11(17)18)6-20-5-8(12)13-9-4-3-7(14-15-9)10(16)19-2/h3-4,8H,5-6H2,1-2H3,(H,13,15)(H,17,18). The number of esters is 1. The Morgan fingerprint density at radius 2 is 2.25 bits per heavy atom. The number of rotatable bonds is 4. The fourth-order valence-electron chi connectivity index (χ4n) is 1.89. The van der Waals surface area contributed by atoms with Crippen molar-refractivity contribution in [3.05, 3.63) is 17.8 Å². The third kappa shape index (κ3) is 2.55. The average Bonchev–Trinajstić information content (AvgIpc) is 2.81. The van der Waals surface area contributed by atoms with Gasteiger partial charge in [-0.3, -0.25) is 4.79 Å². The Labute approximate surface area is 115 Å². The first-order chi connectivity index (χ1) is 9.47. The highest BCUT2D eigenvalue weighted by Gasteiger charge is 2.46. The Kier molecular flexibility index (Phi) is 3.84. The molecule has 0 radical (unpaired) electrons. The number of carboxylic acids is 1. The average molecular weight is 281 g/mol. The van der Waals surface area contributed by atoms with Gasteiger partial charge in [0, 0.05) is 0 Å². The molecule has 2 heterocycles. The summed E-state index contributed by atoms with van der Waals surface area (Å²) in [6.45, 7) is 2.01. The van der Waals surface area contributed by atoms with E-state index in [1.807, 2.05) is 0 Å². The highest BCUT2D eigenvalue weighted by molar-refractivity contribution is 5.87. The van der Waals surface area contributed by atoms with Crippen molar-refractivity contribution in [3.63, 3.8) is 0 Å². The minimum absolute atomic E-state index is 0.0849. The van der Waals surface area contributed by atoms with Crippen LogP contribution in [-0.2, 0) is 14.3 Å². The Morgan fingerprint density at radius 1 is 1.50 bits per heavy atom. The minimum Gasteiger partial charge on any atom is -0.481 e. The number of nitrogens with one attached hydrogen (secondary N) is 1.